The number of thioether (sulfide) groups is 1. The highest BCUT2D eigenvalue weighted by molar-refractivity contribution is 7.99. The van der Waals surface area contributed by atoms with Crippen LogP contribution < -0.4 is 15.5 Å². The second-order valence-electron chi connectivity index (χ2n) is 4.51. The summed E-state index contributed by atoms with van der Waals surface area (Å²) in [6, 6.07) is 7.79. The molecule has 1 aromatic carbocycles. The maximum Gasteiger partial charge on any atom is 0.242 e. The summed E-state index contributed by atoms with van der Waals surface area (Å²) in [4.78, 5) is 14.0. The van der Waals surface area contributed by atoms with Crippen LogP contribution in [0.3, 0.4) is 0 Å². The highest BCUT2D eigenvalue weighted by atomic mass is 32.2. The Bertz CT molecular complexity index is 399. The van der Waals surface area contributed by atoms with E-state index in [1.54, 1.807) is 0 Å². The molecule has 0 spiro atoms. The van der Waals surface area contributed by atoms with Crippen LogP contribution in [0.2, 0.25) is 0 Å². The maximum atomic E-state index is 12.0. The monoisotopic (exact) mass is 265 g/mol. The first-order chi connectivity index (χ1) is 8.66. The lowest BCUT2D eigenvalue weighted by Gasteiger charge is -2.22. The summed E-state index contributed by atoms with van der Waals surface area (Å²) in [5, 5.41) is 6.17. The second-order valence-corrected chi connectivity index (χ2v) is 5.66. The van der Waals surface area contributed by atoms with Crippen molar-refractivity contribution in [3.63, 3.8) is 0 Å². The molecule has 0 bridgehead atoms. The number of amides is 1. The van der Waals surface area contributed by atoms with Gasteiger partial charge in [-0.05, 0) is 24.3 Å². The fourth-order valence-electron chi connectivity index (χ4n) is 1.81. The van der Waals surface area contributed by atoms with E-state index < -0.39 is 0 Å². The number of nitrogens with one attached hydrogen (secondary N) is 2. The molecule has 1 amide bonds. The Kier molecular flexibility index (Phi) is 4.49. The van der Waals surface area contributed by atoms with E-state index in [2.05, 4.69) is 10.6 Å². The van der Waals surface area contributed by atoms with E-state index in [9.17, 15) is 4.79 Å². The molecule has 4 nitrogen and oxygen atoms in total. The quantitative estimate of drug-likeness (QED) is 0.867. The lowest BCUT2D eigenvalue weighted by molar-refractivity contribution is -0.117. The lowest BCUT2D eigenvalue weighted by atomic mass is 10.2. The SMILES string of the molecule is CN(C)c1ccc(NC(=O)C2CSCCN2)cc1. The first kappa shape index (κ1) is 13.2. The van der Waals surface area contributed by atoms with Crippen molar-refractivity contribution in [3.8, 4) is 0 Å². The third kappa shape index (κ3) is 3.40. The van der Waals surface area contributed by atoms with Gasteiger partial charge < -0.3 is 15.5 Å². The van der Waals surface area contributed by atoms with Crippen LogP contribution in [0.15, 0.2) is 24.3 Å². The average molecular weight is 265 g/mol. The highest BCUT2D eigenvalue weighted by Gasteiger charge is 2.20. The molecule has 1 atom stereocenters. The molecule has 2 rings (SSSR count). The molecule has 1 unspecified atom stereocenters. The molecule has 0 saturated carbocycles. The minimum atomic E-state index is -0.0720. The Balaban J connectivity index is 1.94. The van der Waals surface area contributed by atoms with Crippen molar-refractivity contribution in [2.24, 2.45) is 0 Å². The van der Waals surface area contributed by atoms with Gasteiger partial charge in [0.25, 0.3) is 0 Å². The molecule has 0 radical (unpaired) electrons. The predicted octanol–water partition coefficient (Wildman–Crippen LogP) is 1.40. The van der Waals surface area contributed by atoms with Crippen LogP contribution in [0, 0.1) is 0 Å². The molecule has 1 aliphatic rings. The summed E-state index contributed by atoms with van der Waals surface area (Å²) in [5.74, 6) is 1.99. The molecular formula is C13H19N3OS. The van der Waals surface area contributed by atoms with Crippen molar-refractivity contribution < 1.29 is 4.79 Å². The molecule has 1 fully saturated rings. The topological polar surface area (TPSA) is 44.4 Å². The molecule has 1 aliphatic heterocycles. The molecule has 98 valence electrons. The van der Waals surface area contributed by atoms with Crippen LogP contribution >= 0.6 is 11.8 Å². The Morgan fingerprint density at radius 1 is 1.39 bits per heavy atom. The summed E-state index contributed by atoms with van der Waals surface area (Å²) < 4.78 is 0. The number of anilines is 2. The molecule has 0 aromatic heterocycles. The minimum absolute atomic E-state index is 0.0554. The van der Waals surface area contributed by atoms with E-state index in [1.165, 1.54) is 0 Å². The van der Waals surface area contributed by atoms with E-state index in [-0.39, 0.29) is 11.9 Å². The van der Waals surface area contributed by atoms with Gasteiger partial charge in [-0.25, -0.2) is 0 Å². The molecule has 1 heterocycles. The number of hydrogen-bond acceptors (Lipinski definition) is 4. The molecule has 1 saturated heterocycles. The summed E-state index contributed by atoms with van der Waals surface area (Å²) in [7, 11) is 3.99. The van der Waals surface area contributed by atoms with Gasteiger partial charge in [-0.3, -0.25) is 4.79 Å². The van der Waals surface area contributed by atoms with E-state index >= 15 is 0 Å². The third-order valence-electron chi connectivity index (χ3n) is 2.89. The van der Waals surface area contributed by atoms with Crippen molar-refractivity contribution in [2.45, 2.75) is 6.04 Å². The molecule has 2 N–H and O–H groups in total. The summed E-state index contributed by atoms with van der Waals surface area (Å²) in [5.41, 5.74) is 1.97. The van der Waals surface area contributed by atoms with E-state index in [0.717, 1.165) is 29.4 Å². The van der Waals surface area contributed by atoms with Crippen molar-refractivity contribution in [1.29, 1.82) is 0 Å². The van der Waals surface area contributed by atoms with Crippen LogP contribution in [0.1, 0.15) is 0 Å². The fourth-order valence-corrected chi connectivity index (χ4v) is 2.74. The smallest absolute Gasteiger partial charge is 0.242 e. The van der Waals surface area contributed by atoms with Gasteiger partial charge in [0.1, 0.15) is 0 Å². The largest absolute Gasteiger partial charge is 0.378 e. The Hall–Kier alpha value is -1.20. The van der Waals surface area contributed by atoms with Gasteiger partial charge in [0.15, 0.2) is 0 Å². The van der Waals surface area contributed by atoms with Gasteiger partial charge in [0.05, 0.1) is 6.04 Å². The zero-order valence-electron chi connectivity index (χ0n) is 10.8. The van der Waals surface area contributed by atoms with Gasteiger partial charge >= 0.3 is 0 Å². The summed E-state index contributed by atoms with van der Waals surface area (Å²) in [6.07, 6.45) is 0. The number of carbonyl (C=O) groups excluding carboxylic acids is 1. The molecular weight excluding hydrogens is 246 g/mol. The third-order valence-corrected chi connectivity index (χ3v) is 3.95. The van der Waals surface area contributed by atoms with Gasteiger partial charge in [-0.2, -0.15) is 11.8 Å². The first-order valence-electron chi connectivity index (χ1n) is 6.06. The Labute approximate surface area is 112 Å². The number of benzene rings is 1. The second kappa shape index (κ2) is 6.11. The Morgan fingerprint density at radius 2 is 2.11 bits per heavy atom. The van der Waals surface area contributed by atoms with Gasteiger partial charge in [-0.15, -0.1) is 0 Å². The zero-order chi connectivity index (χ0) is 13.0. The number of nitrogens with zero attached hydrogens (tertiary/aromatic N) is 1. The first-order valence-corrected chi connectivity index (χ1v) is 7.21. The molecule has 0 aliphatic carbocycles. The summed E-state index contributed by atoms with van der Waals surface area (Å²) in [6.45, 7) is 0.905. The minimum Gasteiger partial charge on any atom is -0.378 e. The number of hydrogen-bond donors (Lipinski definition) is 2. The van der Waals surface area contributed by atoms with Crippen molar-refractivity contribution in [1.82, 2.24) is 5.32 Å². The average Bonchev–Trinajstić information content (AvgIpc) is 2.40. The van der Waals surface area contributed by atoms with Gasteiger partial charge in [0.2, 0.25) is 5.91 Å². The van der Waals surface area contributed by atoms with E-state index in [0.29, 0.717) is 0 Å². The van der Waals surface area contributed by atoms with Crippen LogP contribution in [0.5, 0.6) is 0 Å². The zero-order valence-corrected chi connectivity index (χ0v) is 11.6. The van der Waals surface area contributed by atoms with Crippen LogP contribution in [0.4, 0.5) is 11.4 Å². The van der Waals surface area contributed by atoms with Crippen molar-refractivity contribution in [2.75, 3.05) is 42.4 Å². The van der Waals surface area contributed by atoms with Crippen LogP contribution in [-0.2, 0) is 4.79 Å². The number of rotatable bonds is 3. The normalized spacial score (nSPS) is 19.3. The molecule has 5 heteroatoms. The standard InChI is InChI=1S/C13H19N3OS/c1-16(2)11-5-3-10(4-6-11)15-13(17)12-9-18-8-7-14-12/h3-6,12,14H,7-9H2,1-2H3,(H,15,17). The van der Waals surface area contributed by atoms with E-state index in [1.807, 2.05) is 55.0 Å². The molecule has 18 heavy (non-hydrogen) atoms. The summed E-state index contributed by atoms with van der Waals surface area (Å²) >= 11 is 1.82. The van der Waals surface area contributed by atoms with Gasteiger partial charge in [0, 0.05) is 43.5 Å². The number of carbonyl (C=O) groups is 1. The fraction of sp³-hybridized carbons (Fsp3) is 0.462. The van der Waals surface area contributed by atoms with Crippen LogP contribution in [0.25, 0.3) is 0 Å². The van der Waals surface area contributed by atoms with Crippen LogP contribution in [-0.4, -0.2) is 44.1 Å². The van der Waals surface area contributed by atoms with Gasteiger partial charge in [-0.1, -0.05) is 0 Å². The lowest BCUT2D eigenvalue weighted by Crippen LogP contribution is -2.46. The predicted molar refractivity (Wildman–Crippen MR) is 78.5 cm³/mol. The molecule has 1 aromatic rings. The van der Waals surface area contributed by atoms with Crippen molar-refractivity contribution in [3.05, 3.63) is 24.3 Å². The maximum absolute atomic E-state index is 12.0. The van der Waals surface area contributed by atoms with Crippen molar-refractivity contribution >= 4 is 29.0 Å². The highest BCUT2D eigenvalue weighted by Crippen LogP contribution is 2.16. The van der Waals surface area contributed by atoms with E-state index in [4.69, 9.17) is 0 Å². The Morgan fingerprint density at radius 3 is 2.67 bits per heavy atom.